The number of likely N-dealkylation sites (tertiary alicyclic amines) is 1. The van der Waals surface area contributed by atoms with Crippen LogP contribution in [0.25, 0.3) is 0 Å². The molecule has 2 heterocycles. The number of aryl methyl sites for hydroxylation is 2. The van der Waals surface area contributed by atoms with Crippen molar-refractivity contribution in [3.8, 4) is 0 Å². The Kier molecular flexibility index (Phi) is 7.03. The zero-order valence-corrected chi connectivity index (χ0v) is 21.8. The number of aliphatic imine (C=N–C) groups is 1. The summed E-state index contributed by atoms with van der Waals surface area (Å²) in [6.45, 7) is 10.0. The first-order valence-electron chi connectivity index (χ1n) is 11.9. The minimum atomic E-state index is -3.78. The quantitative estimate of drug-likeness (QED) is 0.619. The maximum Gasteiger partial charge on any atom is 0.393 e. The molecule has 10 heteroatoms. The van der Waals surface area contributed by atoms with Crippen LogP contribution in [0.5, 0.6) is 0 Å². The largest absolute Gasteiger partial charge is 0.474 e. The topological polar surface area (TPSA) is 99.5 Å². The Labute approximate surface area is 206 Å². The van der Waals surface area contributed by atoms with Crippen molar-refractivity contribution < 1.29 is 23.2 Å². The van der Waals surface area contributed by atoms with Crippen molar-refractivity contribution >= 4 is 33.3 Å². The number of benzene rings is 1. The van der Waals surface area contributed by atoms with Crippen LogP contribution in [-0.4, -0.2) is 72.4 Å². The summed E-state index contributed by atoms with van der Waals surface area (Å²) < 4.78 is 26.8. The molecule has 1 saturated carbocycles. The molecule has 1 aromatic rings. The molecule has 4 rings (SSSR count). The molecule has 2 fully saturated rings. The van der Waals surface area contributed by atoms with Crippen molar-refractivity contribution in [2.75, 3.05) is 18.8 Å². The van der Waals surface area contributed by atoms with Crippen LogP contribution in [0.2, 0.25) is 5.02 Å². The summed E-state index contributed by atoms with van der Waals surface area (Å²) in [6, 6.07) is 3.54. The lowest BCUT2D eigenvalue weighted by molar-refractivity contribution is -0.167. The normalized spacial score (nSPS) is 28.0. The highest BCUT2D eigenvalue weighted by molar-refractivity contribution is 7.91. The molecule has 1 aromatic carbocycles. The van der Waals surface area contributed by atoms with Crippen LogP contribution >= 0.6 is 11.6 Å². The summed E-state index contributed by atoms with van der Waals surface area (Å²) >= 11 is 6.16. The van der Waals surface area contributed by atoms with Gasteiger partial charge in [0.05, 0.1) is 16.7 Å². The Balaban J connectivity index is 1.59. The molecule has 1 N–H and O–H groups in total. The molecule has 0 spiro atoms. The molecule has 2 aliphatic heterocycles. The Morgan fingerprint density at radius 3 is 2.50 bits per heavy atom. The number of halogens is 1. The first-order chi connectivity index (χ1) is 15.9. The maximum absolute atomic E-state index is 13.4. The molecule has 0 radical (unpaired) electrons. The van der Waals surface area contributed by atoms with Gasteiger partial charge >= 0.3 is 11.9 Å². The van der Waals surface area contributed by atoms with Gasteiger partial charge < -0.3 is 14.8 Å². The van der Waals surface area contributed by atoms with E-state index < -0.39 is 27.9 Å². The number of rotatable bonds is 6. The van der Waals surface area contributed by atoms with E-state index in [2.05, 4.69) is 23.7 Å². The number of carboxylic acids is 1. The van der Waals surface area contributed by atoms with Crippen molar-refractivity contribution in [1.29, 1.82) is 0 Å². The Morgan fingerprint density at radius 2 is 1.88 bits per heavy atom. The highest BCUT2D eigenvalue weighted by Crippen LogP contribution is 2.43. The summed E-state index contributed by atoms with van der Waals surface area (Å²) in [6.07, 6.45) is 4.22. The highest BCUT2D eigenvalue weighted by atomic mass is 35.5. The number of hydroxylamine groups is 2. The van der Waals surface area contributed by atoms with Crippen LogP contribution in [0.1, 0.15) is 57.1 Å². The monoisotopic (exact) mass is 511 g/mol. The summed E-state index contributed by atoms with van der Waals surface area (Å²) in [4.78, 5) is 24.3. The zero-order chi connectivity index (χ0) is 24.8. The Bertz CT molecular complexity index is 1100. The molecular weight excluding hydrogens is 478 g/mol. The lowest BCUT2D eigenvalue weighted by atomic mass is 9.70. The van der Waals surface area contributed by atoms with Crippen molar-refractivity contribution in [3.63, 3.8) is 0 Å². The SMILES string of the molecule is Cc1cc(S(=O)(=O)CC2N=C(C(=O)O)ON2C2CCC(N3CCCC3)CC2(C)C)c(C)cc1Cl. The summed E-state index contributed by atoms with van der Waals surface area (Å²) in [5.41, 5.74) is 1.01. The smallest absolute Gasteiger partial charge is 0.393 e. The second kappa shape index (κ2) is 9.41. The Hall–Kier alpha value is -1.68. The number of aliphatic carboxylic acids is 1. The molecule has 3 unspecified atom stereocenters. The van der Waals surface area contributed by atoms with E-state index in [9.17, 15) is 18.3 Å². The molecule has 3 atom stereocenters. The van der Waals surface area contributed by atoms with E-state index in [1.54, 1.807) is 31.0 Å². The van der Waals surface area contributed by atoms with Gasteiger partial charge in [-0.1, -0.05) is 25.4 Å². The van der Waals surface area contributed by atoms with Crippen molar-refractivity contribution in [3.05, 3.63) is 28.3 Å². The predicted octanol–water partition coefficient (Wildman–Crippen LogP) is 3.83. The van der Waals surface area contributed by atoms with E-state index >= 15 is 0 Å². The maximum atomic E-state index is 13.4. The number of carboxylic acid groups (broad SMARTS) is 1. The van der Waals surface area contributed by atoms with Gasteiger partial charge in [-0.25, -0.2) is 18.2 Å². The fourth-order valence-corrected chi connectivity index (χ4v) is 7.62. The summed E-state index contributed by atoms with van der Waals surface area (Å²) in [7, 11) is -3.78. The molecule has 8 nitrogen and oxygen atoms in total. The van der Waals surface area contributed by atoms with E-state index in [0.29, 0.717) is 22.2 Å². The van der Waals surface area contributed by atoms with Gasteiger partial charge in [-0.3, -0.25) is 0 Å². The Morgan fingerprint density at radius 1 is 1.21 bits per heavy atom. The van der Waals surface area contributed by atoms with Gasteiger partial charge in [-0.05, 0) is 87.7 Å². The highest BCUT2D eigenvalue weighted by Gasteiger charge is 2.49. The van der Waals surface area contributed by atoms with E-state index in [0.717, 1.165) is 32.4 Å². The fourth-order valence-electron chi connectivity index (χ4n) is 5.70. The minimum absolute atomic E-state index is 0.153. The first kappa shape index (κ1) is 25.4. The van der Waals surface area contributed by atoms with Gasteiger partial charge in [0.2, 0.25) is 0 Å². The molecular formula is C24H34ClN3O5S. The minimum Gasteiger partial charge on any atom is -0.474 e. The second-order valence-corrected chi connectivity index (χ2v) is 12.9. The van der Waals surface area contributed by atoms with Crippen molar-refractivity contribution in [2.24, 2.45) is 10.4 Å². The predicted molar refractivity (Wildman–Crippen MR) is 131 cm³/mol. The average Bonchev–Trinajstić information content (AvgIpc) is 3.40. The number of nitrogens with zero attached hydrogens (tertiary/aromatic N) is 3. The van der Waals surface area contributed by atoms with Crippen LogP contribution in [0.15, 0.2) is 22.0 Å². The molecule has 34 heavy (non-hydrogen) atoms. The van der Waals surface area contributed by atoms with Crippen LogP contribution < -0.4 is 0 Å². The number of carbonyl (C=O) groups is 1. The third-order valence-electron chi connectivity index (χ3n) is 7.50. The number of hydrogen-bond acceptors (Lipinski definition) is 7. The van der Waals surface area contributed by atoms with Gasteiger partial charge in [0, 0.05) is 11.1 Å². The second-order valence-electron chi connectivity index (χ2n) is 10.5. The lowest BCUT2D eigenvalue weighted by Gasteiger charge is -2.48. The lowest BCUT2D eigenvalue weighted by Crippen LogP contribution is -2.55. The third-order valence-corrected chi connectivity index (χ3v) is 9.75. The average molecular weight is 512 g/mol. The van der Waals surface area contributed by atoms with Gasteiger partial charge in [0.15, 0.2) is 16.0 Å². The van der Waals surface area contributed by atoms with E-state index in [1.165, 1.54) is 12.8 Å². The molecule has 3 aliphatic rings. The standard InChI is InChI=1S/C24H34ClN3O5S/c1-15-12-19(16(2)11-18(15)25)34(31,32)14-21-26-22(23(29)30)33-28(21)20-8-7-17(13-24(20,3)4)27-9-5-6-10-27/h11-12,17,20-21H,5-10,13-14H2,1-4H3,(H,29,30). The van der Waals surface area contributed by atoms with Gasteiger partial charge in [0.1, 0.15) is 0 Å². The van der Waals surface area contributed by atoms with Crippen LogP contribution in [0.3, 0.4) is 0 Å². The molecule has 0 bridgehead atoms. The van der Waals surface area contributed by atoms with E-state index in [-0.39, 0.29) is 22.1 Å². The van der Waals surface area contributed by atoms with Crippen LogP contribution in [0, 0.1) is 19.3 Å². The zero-order valence-electron chi connectivity index (χ0n) is 20.3. The van der Waals surface area contributed by atoms with Gasteiger partial charge in [-0.2, -0.15) is 0 Å². The van der Waals surface area contributed by atoms with Crippen molar-refractivity contribution in [1.82, 2.24) is 9.96 Å². The first-order valence-corrected chi connectivity index (χ1v) is 13.9. The van der Waals surface area contributed by atoms with E-state index in [1.807, 2.05) is 0 Å². The third kappa shape index (κ3) is 4.98. The summed E-state index contributed by atoms with van der Waals surface area (Å²) in [5, 5.41) is 11.6. The van der Waals surface area contributed by atoms with Crippen LogP contribution in [0.4, 0.5) is 0 Å². The number of hydrogen-bond donors (Lipinski definition) is 1. The van der Waals surface area contributed by atoms with Gasteiger partial charge in [-0.15, -0.1) is 5.06 Å². The van der Waals surface area contributed by atoms with E-state index in [4.69, 9.17) is 16.4 Å². The molecule has 188 valence electrons. The number of sulfone groups is 1. The molecule has 1 saturated heterocycles. The molecule has 0 aromatic heterocycles. The van der Waals surface area contributed by atoms with Crippen LogP contribution in [-0.2, 0) is 19.5 Å². The molecule has 0 amide bonds. The fraction of sp³-hybridized carbons (Fsp3) is 0.667. The van der Waals surface area contributed by atoms with Gasteiger partial charge in [0.25, 0.3) is 0 Å². The van der Waals surface area contributed by atoms with Crippen molar-refractivity contribution in [2.45, 2.75) is 82.9 Å². The molecule has 1 aliphatic carbocycles. The summed E-state index contributed by atoms with van der Waals surface area (Å²) in [5.74, 6) is -2.12.